The SMILES string of the molecule is COCC(CC(=O)c1ccc(SC)cc1)NC(=O)OC(C)(C)C. The van der Waals surface area contributed by atoms with Crippen LogP contribution in [0.5, 0.6) is 0 Å². The maximum atomic E-state index is 12.3. The fourth-order valence-electron chi connectivity index (χ4n) is 1.95. The summed E-state index contributed by atoms with van der Waals surface area (Å²) in [7, 11) is 1.53. The smallest absolute Gasteiger partial charge is 0.407 e. The van der Waals surface area contributed by atoms with Crippen molar-refractivity contribution in [1.82, 2.24) is 5.32 Å². The second-order valence-electron chi connectivity index (χ2n) is 6.15. The van der Waals surface area contributed by atoms with Crippen molar-refractivity contribution in [2.75, 3.05) is 20.0 Å². The van der Waals surface area contributed by atoms with Gasteiger partial charge in [-0.15, -0.1) is 11.8 Å². The first-order valence-electron chi connectivity index (χ1n) is 7.41. The maximum Gasteiger partial charge on any atom is 0.407 e. The van der Waals surface area contributed by atoms with E-state index < -0.39 is 17.7 Å². The monoisotopic (exact) mass is 339 g/mol. The van der Waals surface area contributed by atoms with Gasteiger partial charge in [0.25, 0.3) is 0 Å². The van der Waals surface area contributed by atoms with Crippen molar-refractivity contribution in [3.63, 3.8) is 0 Å². The maximum absolute atomic E-state index is 12.3. The van der Waals surface area contributed by atoms with Crippen molar-refractivity contribution in [3.8, 4) is 0 Å². The van der Waals surface area contributed by atoms with E-state index in [1.165, 1.54) is 7.11 Å². The number of hydrogen-bond acceptors (Lipinski definition) is 5. The number of methoxy groups -OCH3 is 1. The predicted molar refractivity (Wildman–Crippen MR) is 92.2 cm³/mol. The summed E-state index contributed by atoms with van der Waals surface area (Å²) >= 11 is 1.62. The minimum atomic E-state index is -0.584. The van der Waals surface area contributed by atoms with Gasteiger partial charge in [-0.25, -0.2) is 4.79 Å². The van der Waals surface area contributed by atoms with Crippen LogP contribution in [0.4, 0.5) is 4.79 Å². The zero-order valence-corrected chi connectivity index (χ0v) is 15.2. The average molecular weight is 339 g/mol. The molecule has 1 N–H and O–H groups in total. The normalized spacial score (nSPS) is 12.6. The quantitative estimate of drug-likeness (QED) is 0.608. The van der Waals surface area contributed by atoms with E-state index in [0.717, 1.165) is 4.90 Å². The highest BCUT2D eigenvalue weighted by molar-refractivity contribution is 7.98. The molecule has 0 aromatic heterocycles. The summed E-state index contributed by atoms with van der Waals surface area (Å²) in [5.74, 6) is -0.0456. The van der Waals surface area contributed by atoms with Crippen molar-refractivity contribution in [2.45, 2.75) is 43.7 Å². The fraction of sp³-hybridized carbons (Fsp3) is 0.529. The molecular formula is C17H25NO4S. The van der Waals surface area contributed by atoms with Gasteiger partial charge < -0.3 is 14.8 Å². The van der Waals surface area contributed by atoms with E-state index in [2.05, 4.69) is 5.32 Å². The van der Waals surface area contributed by atoms with E-state index in [4.69, 9.17) is 9.47 Å². The number of thioether (sulfide) groups is 1. The molecule has 0 saturated carbocycles. The summed E-state index contributed by atoms with van der Waals surface area (Å²) in [4.78, 5) is 25.3. The van der Waals surface area contributed by atoms with Gasteiger partial charge in [-0.1, -0.05) is 12.1 Å². The van der Waals surface area contributed by atoms with Crippen LogP contribution in [0.3, 0.4) is 0 Å². The molecule has 6 heteroatoms. The molecule has 5 nitrogen and oxygen atoms in total. The molecule has 0 aliphatic rings. The number of carbonyl (C=O) groups excluding carboxylic acids is 2. The Morgan fingerprint density at radius 2 is 1.83 bits per heavy atom. The van der Waals surface area contributed by atoms with Crippen LogP contribution >= 0.6 is 11.8 Å². The molecule has 1 rings (SSSR count). The van der Waals surface area contributed by atoms with Gasteiger partial charge in [-0.3, -0.25) is 4.79 Å². The first-order valence-corrected chi connectivity index (χ1v) is 8.63. The van der Waals surface area contributed by atoms with E-state index in [-0.39, 0.29) is 18.8 Å². The van der Waals surface area contributed by atoms with Crippen molar-refractivity contribution in [1.29, 1.82) is 0 Å². The molecule has 0 fully saturated rings. The topological polar surface area (TPSA) is 64.6 Å². The number of rotatable bonds is 7. The highest BCUT2D eigenvalue weighted by Crippen LogP contribution is 2.16. The second kappa shape index (κ2) is 8.93. The third kappa shape index (κ3) is 7.52. The Labute approximate surface area is 142 Å². The third-order valence-corrected chi connectivity index (χ3v) is 3.68. The molecule has 0 aliphatic carbocycles. The zero-order chi connectivity index (χ0) is 17.5. The summed E-state index contributed by atoms with van der Waals surface area (Å²) in [6.45, 7) is 5.61. The molecule has 0 heterocycles. The van der Waals surface area contributed by atoms with Crippen molar-refractivity contribution >= 4 is 23.6 Å². The Hall–Kier alpha value is -1.53. The summed E-state index contributed by atoms with van der Waals surface area (Å²) < 4.78 is 10.3. The number of benzene rings is 1. The molecule has 0 bridgehead atoms. The van der Waals surface area contributed by atoms with Crippen LogP contribution in [0.2, 0.25) is 0 Å². The molecule has 1 unspecified atom stereocenters. The molecular weight excluding hydrogens is 314 g/mol. The lowest BCUT2D eigenvalue weighted by atomic mass is 10.0. The van der Waals surface area contributed by atoms with Gasteiger partial charge in [0.05, 0.1) is 12.6 Å². The number of Topliss-reactive ketones (excluding diaryl/α,β-unsaturated/α-hetero) is 1. The Morgan fingerprint density at radius 3 is 2.30 bits per heavy atom. The molecule has 0 radical (unpaired) electrons. The summed E-state index contributed by atoms with van der Waals surface area (Å²) in [5, 5.41) is 2.69. The Kier molecular flexibility index (Phi) is 7.58. The summed E-state index contributed by atoms with van der Waals surface area (Å²) in [6.07, 6.45) is 1.59. The Morgan fingerprint density at radius 1 is 1.22 bits per heavy atom. The Balaban J connectivity index is 2.66. The number of nitrogens with one attached hydrogen (secondary N) is 1. The molecule has 23 heavy (non-hydrogen) atoms. The molecule has 0 spiro atoms. The first-order chi connectivity index (χ1) is 10.7. The average Bonchev–Trinajstić information content (AvgIpc) is 2.45. The lowest BCUT2D eigenvalue weighted by Crippen LogP contribution is -2.42. The lowest BCUT2D eigenvalue weighted by Gasteiger charge is -2.23. The van der Waals surface area contributed by atoms with Gasteiger partial charge in [0.2, 0.25) is 0 Å². The van der Waals surface area contributed by atoms with E-state index in [1.54, 1.807) is 44.7 Å². The number of hydrogen-bond donors (Lipinski definition) is 1. The standard InChI is InChI=1S/C17H25NO4S/c1-17(2,3)22-16(20)18-13(11-21-4)10-15(19)12-6-8-14(23-5)9-7-12/h6-9,13H,10-11H2,1-5H3,(H,18,20). The largest absolute Gasteiger partial charge is 0.444 e. The molecule has 1 aromatic rings. The Bertz CT molecular complexity index is 522. The van der Waals surface area contributed by atoms with Gasteiger partial charge in [0, 0.05) is 24.0 Å². The van der Waals surface area contributed by atoms with Gasteiger partial charge in [-0.05, 0) is 39.2 Å². The highest BCUT2D eigenvalue weighted by Gasteiger charge is 2.21. The number of alkyl carbamates (subject to hydrolysis) is 1. The van der Waals surface area contributed by atoms with E-state index in [1.807, 2.05) is 18.4 Å². The van der Waals surface area contributed by atoms with Crippen LogP contribution < -0.4 is 5.32 Å². The molecule has 1 atom stereocenters. The van der Waals surface area contributed by atoms with Crippen LogP contribution in [0, 0.1) is 0 Å². The molecule has 0 saturated heterocycles. The van der Waals surface area contributed by atoms with Gasteiger partial charge in [-0.2, -0.15) is 0 Å². The van der Waals surface area contributed by atoms with Crippen molar-refractivity contribution < 1.29 is 19.1 Å². The number of amides is 1. The van der Waals surface area contributed by atoms with Crippen molar-refractivity contribution in [2.24, 2.45) is 0 Å². The summed E-state index contributed by atoms with van der Waals surface area (Å²) in [6, 6.07) is 6.98. The number of carbonyl (C=O) groups is 2. The first kappa shape index (κ1) is 19.5. The third-order valence-electron chi connectivity index (χ3n) is 2.93. The van der Waals surface area contributed by atoms with Crippen molar-refractivity contribution in [3.05, 3.63) is 29.8 Å². The van der Waals surface area contributed by atoms with Gasteiger partial charge >= 0.3 is 6.09 Å². The molecule has 128 valence electrons. The number of ether oxygens (including phenoxy) is 2. The second-order valence-corrected chi connectivity index (χ2v) is 7.03. The van der Waals surface area contributed by atoms with E-state index in [9.17, 15) is 9.59 Å². The van der Waals surface area contributed by atoms with Gasteiger partial charge in [0.1, 0.15) is 5.60 Å². The lowest BCUT2D eigenvalue weighted by molar-refractivity contribution is 0.0464. The van der Waals surface area contributed by atoms with Gasteiger partial charge in [0.15, 0.2) is 5.78 Å². The van der Waals surface area contributed by atoms with Crippen LogP contribution in [0.1, 0.15) is 37.6 Å². The summed E-state index contributed by atoms with van der Waals surface area (Å²) in [5.41, 5.74) is 0.0363. The van der Waals surface area contributed by atoms with Crippen LogP contribution in [0.15, 0.2) is 29.2 Å². The van der Waals surface area contributed by atoms with Crippen LogP contribution in [-0.4, -0.2) is 43.5 Å². The van der Waals surface area contributed by atoms with E-state index in [0.29, 0.717) is 5.56 Å². The predicted octanol–water partition coefficient (Wildman–Crippen LogP) is 3.52. The van der Waals surface area contributed by atoms with E-state index >= 15 is 0 Å². The minimum absolute atomic E-state index is 0.0456. The fourth-order valence-corrected chi connectivity index (χ4v) is 2.35. The zero-order valence-electron chi connectivity index (χ0n) is 14.3. The molecule has 1 aromatic carbocycles. The highest BCUT2D eigenvalue weighted by atomic mass is 32.2. The molecule has 0 aliphatic heterocycles. The van der Waals surface area contributed by atoms with Crippen LogP contribution in [0.25, 0.3) is 0 Å². The number of ketones is 1. The molecule has 1 amide bonds. The minimum Gasteiger partial charge on any atom is -0.444 e. The van der Waals surface area contributed by atoms with Crippen LogP contribution in [-0.2, 0) is 9.47 Å².